The largest absolute Gasteiger partial charge is 0.354 e. The van der Waals surface area contributed by atoms with Crippen LogP contribution in [-0.4, -0.2) is 26.4 Å². The van der Waals surface area contributed by atoms with E-state index in [0.29, 0.717) is 0 Å². The van der Waals surface area contributed by atoms with Gasteiger partial charge in [-0.25, -0.2) is 9.97 Å². The maximum absolute atomic E-state index is 6.03. The number of aromatic amines is 1. The Balaban J connectivity index is 1.29. The fourth-order valence-corrected chi connectivity index (χ4v) is 4.81. The van der Waals surface area contributed by atoms with Crippen LogP contribution in [0.15, 0.2) is 85.1 Å². The number of rotatable bonds is 4. The van der Waals surface area contributed by atoms with Crippen molar-refractivity contribution in [3.8, 4) is 22.6 Å². The van der Waals surface area contributed by atoms with E-state index in [9.17, 15) is 0 Å². The molecule has 33 heavy (non-hydrogen) atoms. The van der Waals surface area contributed by atoms with Gasteiger partial charge in [-0.1, -0.05) is 60.1 Å². The fourth-order valence-electron chi connectivity index (χ4n) is 4.69. The van der Waals surface area contributed by atoms with Gasteiger partial charge in [0, 0.05) is 59.3 Å². The van der Waals surface area contributed by atoms with E-state index < -0.39 is 0 Å². The van der Waals surface area contributed by atoms with Crippen LogP contribution >= 0.6 is 11.6 Å². The molecule has 5 heteroatoms. The molecule has 4 nitrogen and oxygen atoms in total. The lowest BCUT2D eigenvalue weighted by Gasteiger charge is -2.28. The number of H-pyrrole nitrogens is 1. The predicted molar refractivity (Wildman–Crippen MR) is 134 cm³/mol. The Morgan fingerprint density at radius 2 is 1.67 bits per heavy atom. The highest BCUT2D eigenvalue weighted by Gasteiger charge is 2.22. The second-order valence-corrected chi connectivity index (χ2v) is 8.96. The molecule has 2 aromatic heterocycles. The van der Waals surface area contributed by atoms with Crippen LogP contribution in [0.25, 0.3) is 33.5 Å². The zero-order chi connectivity index (χ0) is 22.2. The molecule has 162 valence electrons. The molecule has 1 aliphatic heterocycles. The van der Waals surface area contributed by atoms with E-state index in [-0.39, 0.29) is 0 Å². The van der Waals surface area contributed by atoms with Crippen LogP contribution in [-0.2, 0) is 19.5 Å². The Bertz CT molecular complexity index is 1420. The molecule has 0 radical (unpaired) electrons. The molecule has 0 fully saturated rings. The second kappa shape index (κ2) is 8.47. The molecule has 6 rings (SSSR count). The quantitative estimate of drug-likeness (QED) is 0.339. The van der Waals surface area contributed by atoms with Crippen molar-refractivity contribution in [2.75, 3.05) is 6.54 Å². The molecule has 0 saturated carbocycles. The van der Waals surface area contributed by atoms with Gasteiger partial charge in [0.2, 0.25) is 0 Å². The normalized spacial score (nSPS) is 13.8. The van der Waals surface area contributed by atoms with Crippen molar-refractivity contribution in [2.45, 2.75) is 19.5 Å². The van der Waals surface area contributed by atoms with E-state index in [1.54, 1.807) is 0 Å². The summed E-state index contributed by atoms with van der Waals surface area (Å²) < 4.78 is 0. The first kappa shape index (κ1) is 20.2. The molecule has 0 aliphatic carbocycles. The fraction of sp³-hybridized carbons (Fsp3) is 0.143. The first-order valence-electron chi connectivity index (χ1n) is 11.2. The Morgan fingerprint density at radius 3 is 2.52 bits per heavy atom. The van der Waals surface area contributed by atoms with Gasteiger partial charge in [-0.3, -0.25) is 4.90 Å². The van der Waals surface area contributed by atoms with Crippen molar-refractivity contribution in [3.05, 3.63) is 107 Å². The molecule has 5 aromatic rings. The molecule has 1 aliphatic rings. The second-order valence-electron chi connectivity index (χ2n) is 8.52. The van der Waals surface area contributed by atoms with Crippen molar-refractivity contribution in [1.29, 1.82) is 0 Å². The average Bonchev–Trinajstić information content (AvgIpc) is 3.23. The summed E-state index contributed by atoms with van der Waals surface area (Å²) in [7, 11) is 0. The molecule has 1 N–H and O–H groups in total. The number of hydrogen-bond donors (Lipinski definition) is 1. The number of benzene rings is 3. The van der Waals surface area contributed by atoms with Gasteiger partial charge in [0.15, 0.2) is 5.82 Å². The molecule has 3 aromatic carbocycles. The Hall–Kier alpha value is -3.47. The highest BCUT2D eigenvalue weighted by atomic mass is 35.5. The molecule has 0 spiro atoms. The summed E-state index contributed by atoms with van der Waals surface area (Å²) in [5.74, 6) is 0.766. The smallest absolute Gasteiger partial charge is 0.159 e. The summed E-state index contributed by atoms with van der Waals surface area (Å²) >= 11 is 6.03. The Morgan fingerprint density at radius 1 is 0.879 bits per heavy atom. The van der Waals surface area contributed by atoms with Crippen LogP contribution in [0.3, 0.4) is 0 Å². The third kappa shape index (κ3) is 3.92. The molecule has 0 atom stereocenters. The molecule has 0 unspecified atom stereocenters. The monoisotopic (exact) mass is 450 g/mol. The van der Waals surface area contributed by atoms with Crippen LogP contribution < -0.4 is 0 Å². The van der Waals surface area contributed by atoms with E-state index >= 15 is 0 Å². The zero-order valence-corrected chi connectivity index (χ0v) is 18.9. The van der Waals surface area contributed by atoms with E-state index in [0.717, 1.165) is 48.2 Å². The zero-order valence-electron chi connectivity index (χ0n) is 18.1. The number of halogens is 1. The number of hydrogen-bond acceptors (Lipinski definition) is 3. The number of nitrogens with one attached hydrogen (secondary N) is 1. The SMILES string of the molecule is Clc1ccc(-c2ncc3c(n2)CCN(Cc2c(-c4ccccc4)[nH]c4ccccc24)C3)cc1. The molecule has 0 saturated heterocycles. The highest BCUT2D eigenvalue weighted by Crippen LogP contribution is 2.32. The van der Waals surface area contributed by atoms with Crippen molar-refractivity contribution in [1.82, 2.24) is 19.9 Å². The summed E-state index contributed by atoms with van der Waals surface area (Å²) in [6.07, 6.45) is 2.91. The molecule has 0 amide bonds. The van der Waals surface area contributed by atoms with Crippen molar-refractivity contribution >= 4 is 22.5 Å². The van der Waals surface area contributed by atoms with Gasteiger partial charge in [-0.2, -0.15) is 0 Å². The van der Waals surface area contributed by atoms with E-state index in [4.69, 9.17) is 16.6 Å². The van der Waals surface area contributed by atoms with Crippen LogP contribution in [0.1, 0.15) is 16.8 Å². The summed E-state index contributed by atoms with van der Waals surface area (Å²) in [6, 6.07) is 26.9. The van der Waals surface area contributed by atoms with Gasteiger partial charge < -0.3 is 4.98 Å². The van der Waals surface area contributed by atoms with Gasteiger partial charge in [0.25, 0.3) is 0 Å². The van der Waals surface area contributed by atoms with Gasteiger partial charge in [0.1, 0.15) is 0 Å². The highest BCUT2D eigenvalue weighted by molar-refractivity contribution is 6.30. The lowest BCUT2D eigenvalue weighted by molar-refractivity contribution is 0.244. The lowest BCUT2D eigenvalue weighted by atomic mass is 10.0. The summed E-state index contributed by atoms with van der Waals surface area (Å²) in [5.41, 5.74) is 8.30. The summed E-state index contributed by atoms with van der Waals surface area (Å²) in [6.45, 7) is 2.70. The van der Waals surface area contributed by atoms with Crippen LogP contribution in [0.4, 0.5) is 0 Å². The van der Waals surface area contributed by atoms with Gasteiger partial charge in [0.05, 0.1) is 11.4 Å². The molecular weight excluding hydrogens is 428 g/mol. The predicted octanol–water partition coefficient (Wildman–Crippen LogP) is 6.50. The van der Waals surface area contributed by atoms with Crippen LogP contribution in [0, 0.1) is 0 Å². The van der Waals surface area contributed by atoms with E-state index in [1.807, 2.05) is 30.5 Å². The van der Waals surface area contributed by atoms with E-state index in [1.165, 1.54) is 33.3 Å². The number of para-hydroxylation sites is 1. The Labute approximate surface area is 197 Å². The van der Waals surface area contributed by atoms with Crippen LogP contribution in [0.5, 0.6) is 0 Å². The lowest BCUT2D eigenvalue weighted by Crippen LogP contribution is -2.31. The topological polar surface area (TPSA) is 44.8 Å². The standard InChI is InChI=1S/C28H23ClN4/c29-22-12-10-20(11-13-22)28-30-16-21-17-33(15-14-25(21)32-28)18-24-23-8-4-5-9-26(23)31-27(24)19-6-2-1-3-7-19/h1-13,16,31H,14-15,17-18H2. The maximum atomic E-state index is 6.03. The third-order valence-electron chi connectivity index (χ3n) is 6.37. The van der Waals surface area contributed by atoms with Crippen molar-refractivity contribution in [3.63, 3.8) is 0 Å². The van der Waals surface area contributed by atoms with E-state index in [2.05, 4.69) is 69.5 Å². The average molecular weight is 451 g/mol. The minimum Gasteiger partial charge on any atom is -0.354 e. The number of fused-ring (bicyclic) bond motifs is 2. The first-order valence-corrected chi connectivity index (χ1v) is 11.6. The maximum Gasteiger partial charge on any atom is 0.159 e. The van der Waals surface area contributed by atoms with Gasteiger partial charge in [-0.05, 0) is 41.5 Å². The minimum absolute atomic E-state index is 0.722. The molecule has 3 heterocycles. The minimum atomic E-state index is 0.722. The first-order chi connectivity index (χ1) is 16.2. The van der Waals surface area contributed by atoms with Crippen LogP contribution in [0.2, 0.25) is 5.02 Å². The summed E-state index contributed by atoms with van der Waals surface area (Å²) in [4.78, 5) is 15.7. The van der Waals surface area contributed by atoms with Crippen molar-refractivity contribution in [2.24, 2.45) is 0 Å². The van der Waals surface area contributed by atoms with Gasteiger partial charge in [-0.15, -0.1) is 0 Å². The Kier molecular flexibility index (Phi) is 5.17. The van der Waals surface area contributed by atoms with Gasteiger partial charge >= 0.3 is 0 Å². The third-order valence-corrected chi connectivity index (χ3v) is 6.63. The van der Waals surface area contributed by atoms with Crippen molar-refractivity contribution < 1.29 is 0 Å². The molecule has 0 bridgehead atoms. The number of nitrogens with zero attached hydrogens (tertiary/aromatic N) is 3. The summed E-state index contributed by atoms with van der Waals surface area (Å²) in [5, 5.41) is 2.01. The molecular formula is C28H23ClN4. The number of aromatic nitrogens is 3.